The highest BCUT2D eigenvalue weighted by molar-refractivity contribution is 5.61. The van der Waals surface area contributed by atoms with Crippen molar-refractivity contribution in [1.82, 2.24) is 19.9 Å². The lowest BCUT2D eigenvalue weighted by Crippen LogP contribution is -2.35. The number of rotatable bonds is 5. The van der Waals surface area contributed by atoms with Crippen LogP contribution in [0, 0.1) is 0 Å². The molecule has 4 aromatic rings. The molecule has 1 N–H and O–H groups in total. The molecule has 34 heavy (non-hydrogen) atoms. The van der Waals surface area contributed by atoms with Crippen molar-refractivity contribution in [1.29, 1.82) is 0 Å². The Hall–Kier alpha value is -3.92. The fraction of sp³-hybridized carbons (Fsp3) is 0.208. The second kappa shape index (κ2) is 8.79. The van der Waals surface area contributed by atoms with Crippen LogP contribution in [0.15, 0.2) is 70.2 Å². The number of halogens is 3. The highest BCUT2D eigenvalue weighted by Gasteiger charge is 2.31. The number of aromatic nitrogens is 3. The topological polar surface area (TPSA) is 84.2 Å². The van der Waals surface area contributed by atoms with Crippen LogP contribution in [0.3, 0.4) is 0 Å². The van der Waals surface area contributed by atoms with Crippen molar-refractivity contribution in [2.45, 2.75) is 25.9 Å². The zero-order valence-electron chi connectivity index (χ0n) is 17.8. The first-order valence-electron chi connectivity index (χ1n) is 10.5. The minimum atomic E-state index is -4.75. The van der Waals surface area contributed by atoms with E-state index in [1.54, 1.807) is 30.5 Å². The lowest BCUT2D eigenvalue weighted by Gasteiger charge is -2.27. The van der Waals surface area contributed by atoms with E-state index in [2.05, 4.69) is 24.6 Å². The van der Waals surface area contributed by atoms with E-state index in [1.807, 2.05) is 6.07 Å². The summed E-state index contributed by atoms with van der Waals surface area (Å²) in [7, 11) is 0. The van der Waals surface area contributed by atoms with Crippen LogP contribution in [-0.4, -0.2) is 32.8 Å². The number of hydrogen-bond acceptors (Lipinski definition) is 6. The lowest BCUT2D eigenvalue weighted by molar-refractivity contribution is -0.274. The van der Waals surface area contributed by atoms with Gasteiger partial charge in [0.05, 0.1) is 23.2 Å². The van der Waals surface area contributed by atoms with E-state index in [0.29, 0.717) is 47.9 Å². The normalized spacial score (nSPS) is 14.1. The van der Waals surface area contributed by atoms with Crippen molar-refractivity contribution in [3.63, 3.8) is 0 Å². The Kier molecular flexibility index (Phi) is 5.66. The molecule has 3 aromatic heterocycles. The Bertz CT molecular complexity index is 1350. The molecule has 0 spiro atoms. The number of benzene rings is 1. The maximum Gasteiger partial charge on any atom is 0.573 e. The molecular weight excluding hydrogens is 449 g/mol. The summed E-state index contributed by atoms with van der Waals surface area (Å²) in [5.41, 5.74) is 3.19. The minimum absolute atomic E-state index is 0.185. The van der Waals surface area contributed by atoms with Gasteiger partial charge in [0.2, 0.25) is 0 Å². The zero-order chi connectivity index (χ0) is 23.7. The molecule has 0 bridgehead atoms. The number of fused-ring (bicyclic) bond motifs is 1. The van der Waals surface area contributed by atoms with Gasteiger partial charge >= 0.3 is 6.36 Å². The van der Waals surface area contributed by atoms with Gasteiger partial charge in [-0.05, 0) is 35.9 Å². The summed E-state index contributed by atoms with van der Waals surface area (Å²) < 4.78 is 46.8. The number of pyridine rings is 1. The molecule has 0 saturated carbocycles. The summed E-state index contributed by atoms with van der Waals surface area (Å²) in [6, 6.07) is 12.8. The maximum atomic E-state index is 12.6. The summed E-state index contributed by atoms with van der Waals surface area (Å²) in [5, 5.41) is 0. The maximum absolute atomic E-state index is 12.6. The number of hydrogen-bond donors (Lipinski definition) is 1. The van der Waals surface area contributed by atoms with Crippen LogP contribution in [0.1, 0.15) is 16.8 Å². The Balaban J connectivity index is 1.28. The average molecular weight is 468 g/mol. The molecule has 4 heterocycles. The lowest BCUT2D eigenvalue weighted by atomic mass is 10.1. The van der Waals surface area contributed by atoms with Crippen LogP contribution in [0.4, 0.5) is 13.2 Å². The largest absolute Gasteiger partial charge is 0.573 e. The molecular formula is C24H19F3N4O3. The predicted octanol–water partition coefficient (Wildman–Crippen LogP) is 4.55. The van der Waals surface area contributed by atoms with Crippen LogP contribution in [0.2, 0.25) is 0 Å². The predicted molar refractivity (Wildman–Crippen MR) is 117 cm³/mol. The standard InChI is InChI=1S/C24H19F3N4O3/c25-24(26,27)34-17-4-1-3-16(11-17)19-7-6-15(12-28-19)13-31-9-8-20-18(14-31)23(32)30-22(29-20)21-5-2-10-33-21/h1-7,10-12H,8-9,13-14H2,(H,29,30,32). The second-order valence-corrected chi connectivity index (χ2v) is 7.91. The molecule has 10 heteroatoms. The van der Waals surface area contributed by atoms with Crippen molar-refractivity contribution < 1.29 is 22.3 Å². The van der Waals surface area contributed by atoms with Gasteiger partial charge in [0.1, 0.15) is 5.75 Å². The molecule has 0 saturated heterocycles. The van der Waals surface area contributed by atoms with E-state index in [1.165, 1.54) is 24.5 Å². The van der Waals surface area contributed by atoms with E-state index < -0.39 is 6.36 Å². The van der Waals surface area contributed by atoms with E-state index in [0.717, 1.165) is 17.8 Å². The molecule has 174 valence electrons. The van der Waals surface area contributed by atoms with Crippen molar-refractivity contribution in [3.05, 3.63) is 88.2 Å². The number of nitrogens with one attached hydrogen (secondary N) is 1. The van der Waals surface area contributed by atoms with Crippen LogP contribution in [0.5, 0.6) is 5.75 Å². The van der Waals surface area contributed by atoms with Crippen molar-refractivity contribution >= 4 is 0 Å². The Labute approximate surface area is 191 Å². The van der Waals surface area contributed by atoms with Crippen molar-refractivity contribution in [3.8, 4) is 28.6 Å². The Morgan fingerprint density at radius 3 is 2.76 bits per heavy atom. The SMILES string of the molecule is O=c1[nH]c(-c2ccco2)nc2c1CN(Cc1ccc(-c3cccc(OC(F)(F)F)c3)nc1)CC2. The third kappa shape index (κ3) is 4.86. The number of aromatic amines is 1. The Morgan fingerprint density at radius 1 is 1.15 bits per heavy atom. The first-order valence-corrected chi connectivity index (χ1v) is 10.5. The molecule has 7 nitrogen and oxygen atoms in total. The molecule has 0 radical (unpaired) electrons. The fourth-order valence-corrected chi connectivity index (χ4v) is 3.95. The van der Waals surface area contributed by atoms with Crippen LogP contribution in [-0.2, 0) is 19.5 Å². The molecule has 0 unspecified atom stereocenters. The van der Waals surface area contributed by atoms with Crippen molar-refractivity contribution in [2.75, 3.05) is 6.54 Å². The zero-order valence-corrected chi connectivity index (χ0v) is 17.8. The number of furan rings is 1. The van der Waals surface area contributed by atoms with Crippen LogP contribution in [0.25, 0.3) is 22.8 Å². The van der Waals surface area contributed by atoms with Gasteiger partial charge in [-0.2, -0.15) is 0 Å². The molecule has 1 aliphatic rings. The number of ether oxygens (including phenoxy) is 1. The number of alkyl halides is 3. The highest BCUT2D eigenvalue weighted by Crippen LogP contribution is 2.27. The molecule has 1 aromatic carbocycles. The van der Waals surface area contributed by atoms with Gasteiger partial charge < -0.3 is 14.1 Å². The van der Waals surface area contributed by atoms with Gasteiger partial charge in [0.15, 0.2) is 11.6 Å². The third-order valence-corrected chi connectivity index (χ3v) is 5.50. The monoisotopic (exact) mass is 468 g/mol. The van der Waals surface area contributed by atoms with E-state index >= 15 is 0 Å². The molecule has 0 fully saturated rings. The number of H-pyrrole nitrogens is 1. The van der Waals surface area contributed by atoms with Gasteiger partial charge in [0.25, 0.3) is 5.56 Å². The summed E-state index contributed by atoms with van der Waals surface area (Å²) in [6.07, 6.45) is -0.904. The van der Waals surface area contributed by atoms with E-state index in [-0.39, 0.29) is 11.3 Å². The molecule has 0 amide bonds. The van der Waals surface area contributed by atoms with Gasteiger partial charge in [-0.3, -0.25) is 14.7 Å². The van der Waals surface area contributed by atoms with E-state index in [9.17, 15) is 18.0 Å². The summed E-state index contributed by atoms with van der Waals surface area (Å²) >= 11 is 0. The van der Waals surface area contributed by atoms with Gasteiger partial charge in [-0.25, -0.2) is 4.98 Å². The van der Waals surface area contributed by atoms with Crippen molar-refractivity contribution in [2.24, 2.45) is 0 Å². The van der Waals surface area contributed by atoms with E-state index in [4.69, 9.17) is 4.42 Å². The molecule has 5 rings (SSSR count). The number of nitrogens with zero attached hydrogens (tertiary/aromatic N) is 3. The third-order valence-electron chi connectivity index (χ3n) is 5.50. The summed E-state index contributed by atoms with van der Waals surface area (Å²) in [6.45, 7) is 1.75. The summed E-state index contributed by atoms with van der Waals surface area (Å²) in [4.78, 5) is 26.5. The first-order chi connectivity index (χ1) is 16.3. The minimum Gasteiger partial charge on any atom is -0.461 e. The quantitative estimate of drug-likeness (QED) is 0.463. The Morgan fingerprint density at radius 2 is 2.03 bits per heavy atom. The van der Waals surface area contributed by atoms with Crippen LogP contribution >= 0.6 is 0 Å². The second-order valence-electron chi connectivity index (χ2n) is 7.91. The molecule has 0 aliphatic carbocycles. The van der Waals surface area contributed by atoms with Gasteiger partial charge in [-0.15, -0.1) is 13.2 Å². The van der Waals surface area contributed by atoms with Crippen LogP contribution < -0.4 is 10.3 Å². The molecule has 1 aliphatic heterocycles. The molecule has 0 atom stereocenters. The smallest absolute Gasteiger partial charge is 0.461 e. The highest BCUT2D eigenvalue weighted by atomic mass is 19.4. The van der Waals surface area contributed by atoms with Gasteiger partial charge in [-0.1, -0.05) is 18.2 Å². The first kappa shape index (κ1) is 21.9. The van der Waals surface area contributed by atoms with Gasteiger partial charge in [0, 0.05) is 37.8 Å². The fourth-order valence-electron chi connectivity index (χ4n) is 3.95. The average Bonchev–Trinajstić information content (AvgIpc) is 3.34. The summed E-state index contributed by atoms with van der Waals surface area (Å²) in [5.74, 6) is 0.646.